The number of ether oxygens (including phenoxy) is 1. The van der Waals surface area contributed by atoms with Crippen LogP contribution in [0.15, 0.2) is 12.3 Å². The van der Waals surface area contributed by atoms with Crippen LogP contribution in [-0.4, -0.2) is 34.1 Å². The Morgan fingerprint density at radius 2 is 2.22 bits per heavy atom. The molecular formula is C12H22N4O2. The Labute approximate surface area is 108 Å². The molecule has 1 aromatic heterocycles. The Balaban J connectivity index is 2.29. The minimum atomic E-state index is -0.471. The third-order valence-corrected chi connectivity index (χ3v) is 2.06. The van der Waals surface area contributed by atoms with Crippen LogP contribution in [0, 0.1) is 0 Å². The molecule has 1 amide bonds. The highest BCUT2D eigenvalue weighted by Crippen LogP contribution is 2.06. The molecule has 0 saturated heterocycles. The number of anilines is 1. The maximum atomic E-state index is 11.4. The molecule has 0 aromatic carbocycles. The average Bonchev–Trinajstić information content (AvgIpc) is 2.58. The quantitative estimate of drug-likeness (QED) is 0.859. The number of hydrogen-bond donors (Lipinski definition) is 2. The summed E-state index contributed by atoms with van der Waals surface area (Å²) in [5, 5.41) is 10.1. The molecule has 6 heteroatoms. The van der Waals surface area contributed by atoms with Crippen LogP contribution < -0.4 is 10.6 Å². The lowest BCUT2D eigenvalue weighted by atomic mass is 10.2. The summed E-state index contributed by atoms with van der Waals surface area (Å²) in [6.07, 6.45) is 1.45. The van der Waals surface area contributed by atoms with Gasteiger partial charge in [0, 0.05) is 31.9 Å². The number of aryl methyl sites for hydroxylation is 1. The van der Waals surface area contributed by atoms with Crippen molar-refractivity contribution in [3.05, 3.63) is 12.3 Å². The third-order valence-electron chi connectivity index (χ3n) is 2.06. The molecule has 6 nitrogen and oxygen atoms in total. The fraction of sp³-hybridized carbons (Fsp3) is 0.667. The van der Waals surface area contributed by atoms with Gasteiger partial charge in [-0.15, -0.1) is 0 Å². The van der Waals surface area contributed by atoms with Gasteiger partial charge < -0.3 is 15.4 Å². The van der Waals surface area contributed by atoms with Crippen molar-refractivity contribution < 1.29 is 9.53 Å². The van der Waals surface area contributed by atoms with E-state index in [1.54, 1.807) is 4.68 Å². The molecule has 0 aliphatic carbocycles. The number of nitrogens with zero attached hydrogens (tertiary/aromatic N) is 2. The fourth-order valence-electron chi connectivity index (χ4n) is 1.35. The predicted molar refractivity (Wildman–Crippen MR) is 70.5 cm³/mol. The molecule has 0 fully saturated rings. The van der Waals surface area contributed by atoms with E-state index in [2.05, 4.69) is 15.7 Å². The molecule has 1 rings (SSSR count). The molecule has 1 unspecified atom stereocenters. The van der Waals surface area contributed by atoms with Crippen molar-refractivity contribution in [2.75, 3.05) is 11.9 Å². The summed E-state index contributed by atoms with van der Waals surface area (Å²) in [4.78, 5) is 11.4. The number of carbonyl (C=O) groups excluding carboxylic acids is 1. The van der Waals surface area contributed by atoms with Crippen molar-refractivity contribution in [1.29, 1.82) is 0 Å². The lowest BCUT2D eigenvalue weighted by Crippen LogP contribution is -2.38. The van der Waals surface area contributed by atoms with E-state index in [1.165, 1.54) is 0 Å². The van der Waals surface area contributed by atoms with E-state index in [0.717, 1.165) is 5.82 Å². The predicted octanol–water partition coefficient (Wildman–Crippen LogP) is 1.75. The number of carbonyl (C=O) groups is 1. The van der Waals surface area contributed by atoms with Crippen molar-refractivity contribution in [2.45, 2.75) is 39.3 Å². The number of hydrogen-bond acceptors (Lipinski definition) is 4. The lowest BCUT2D eigenvalue weighted by molar-refractivity contribution is 0.0526. The zero-order chi connectivity index (χ0) is 13.8. The Kier molecular flexibility index (Phi) is 4.58. The monoisotopic (exact) mass is 254 g/mol. The van der Waals surface area contributed by atoms with Crippen LogP contribution in [0.5, 0.6) is 0 Å². The Morgan fingerprint density at radius 3 is 2.72 bits per heavy atom. The molecule has 2 N–H and O–H groups in total. The van der Waals surface area contributed by atoms with Gasteiger partial charge >= 0.3 is 6.09 Å². The van der Waals surface area contributed by atoms with Crippen LogP contribution in [0.4, 0.5) is 10.6 Å². The minimum absolute atomic E-state index is 0.0763. The van der Waals surface area contributed by atoms with E-state index >= 15 is 0 Å². The molecule has 18 heavy (non-hydrogen) atoms. The first-order valence-electron chi connectivity index (χ1n) is 5.99. The SMILES string of the molecule is CC(CNC(=O)OC(C)(C)C)Nc1ccn(C)n1. The molecule has 1 heterocycles. The van der Waals surface area contributed by atoms with Crippen molar-refractivity contribution in [3.8, 4) is 0 Å². The van der Waals surface area contributed by atoms with Crippen LogP contribution in [0.3, 0.4) is 0 Å². The highest BCUT2D eigenvalue weighted by Gasteiger charge is 2.16. The van der Waals surface area contributed by atoms with E-state index in [-0.39, 0.29) is 6.04 Å². The highest BCUT2D eigenvalue weighted by molar-refractivity contribution is 5.67. The summed E-state index contributed by atoms with van der Waals surface area (Å²) in [5.74, 6) is 0.788. The van der Waals surface area contributed by atoms with Crippen molar-refractivity contribution in [2.24, 2.45) is 7.05 Å². The van der Waals surface area contributed by atoms with Gasteiger partial charge in [-0.2, -0.15) is 5.10 Å². The molecule has 0 aliphatic rings. The average molecular weight is 254 g/mol. The summed E-state index contributed by atoms with van der Waals surface area (Å²) >= 11 is 0. The Morgan fingerprint density at radius 1 is 1.56 bits per heavy atom. The molecule has 1 atom stereocenters. The topological polar surface area (TPSA) is 68.2 Å². The minimum Gasteiger partial charge on any atom is -0.444 e. The van der Waals surface area contributed by atoms with E-state index in [1.807, 2.05) is 47.0 Å². The first kappa shape index (κ1) is 14.3. The van der Waals surface area contributed by atoms with Gasteiger partial charge in [0.05, 0.1) is 0 Å². The number of alkyl carbamates (subject to hydrolysis) is 1. The fourth-order valence-corrected chi connectivity index (χ4v) is 1.35. The molecule has 0 aliphatic heterocycles. The molecule has 0 spiro atoms. The van der Waals surface area contributed by atoms with Crippen LogP contribution >= 0.6 is 0 Å². The van der Waals surface area contributed by atoms with E-state index in [0.29, 0.717) is 6.54 Å². The van der Waals surface area contributed by atoms with Gasteiger partial charge in [0.2, 0.25) is 0 Å². The zero-order valence-corrected chi connectivity index (χ0v) is 11.7. The molecule has 102 valence electrons. The Bertz CT molecular complexity index is 395. The lowest BCUT2D eigenvalue weighted by Gasteiger charge is -2.21. The Hall–Kier alpha value is -1.72. The number of aromatic nitrogens is 2. The summed E-state index contributed by atoms with van der Waals surface area (Å²) < 4.78 is 6.86. The van der Waals surface area contributed by atoms with E-state index in [9.17, 15) is 4.79 Å². The molecule has 0 radical (unpaired) electrons. The second-order valence-electron chi connectivity index (χ2n) is 5.30. The second kappa shape index (κ2) is 5.75. The molecule has 0 saturated carbocycles. The maximum Gasteiger partial charge on any atom is 0.407 e. The second-order valence-corrected chi connectivity index (χ2v) is 5.30. The summed E-state index contributed by atoms with van der Waals surface area (Å²) in [5.41, 5.74) is -0.471. The van der Waals surface area contributed by atoms with E-state index in [4.69, 9.17) is 4.74 Å². The van der Waals surface area contributed by atoms with Gasteiger partial charge in [-0.3, -0.25) is 4.68 Å². The van der Waals surface area contributed by atoms with Crippen LogP contribution in [0.25, 0.3) is 0 Å². The summed E-state index contributed by atoms with van der Waals surface area (Å²) in [6.45, 7) is 7.95. The first-order chi connectivity index (χ1) is 8.26. The third kappa shape index (κ3) is 5.56. The van der Waals surface area contributed by atoms with Crippen molar-refractivity contribution in [3.63, 3.8) is 0 Å². The standard InChI is InChI=1S/C12H22N4O2/c1-9(14-10-6-7-16(5)15-10)8-13-11(17)18-12(2,3)4/h6-7,9H,8H2,1-5H3,(H,13,17)(H,14,15). The zero-order valence-electron chi connectivity index (χ0n) is 11.7. The normalized spacial score (nSPS) is 12.9. The molecular weight excluding hydrogens is 232 g/mol. The molecule has 1 aromatic rings. The summed E-state index contributed by atoms with van der Waals surface area (Å²) in [7, 11) is 1.86. The van der Waals surface area contributed by atoms with Gasteiger partial charge in [0.25, 0.3) is 0 Å². The molecule has 0 bridgehead atoms. The summed E-state index contributed by atoms with van der Waals surface area (Å²) in [6, 6.07) is 1.96. The van der Waals surface area contributed by atoms with Crippen LogP contribution in [0.2, 0.25) is 0 Å². The van der Waals surface area contributed by atoms with Gasteiger partial charge in [-0.25, -0.2) is 4.79 Å². The van der Waals surface area contributed by atoms with E-state index < -0.39 is 11.7 Å². The van der Waals surface area contributed by atoms with Gasteiger partial charge in [-0.1, -0.05) is 0 Å². The number of amides is 1. The van der Waals surface area contributed by atoms with Gasteiger partial charge in [0.15, 0.2) is 0 Å². The van der Waals surface area contributed by atoms with Gasteiger partial charge in [0.1, 0.15) is 11.4 Å². The first-order valence-corrected chi connectivity index (χ1v) is 5.99. The smallest absolute Gasteiger partial charge is 0.407 e. The maximum absolute atomic E-state index is 11.4. The van der Waals surface area contributed by atoms with Crippen molar-refractivity contribution >= 4 is 11.9 Å². The van der Waals surface area contributed by atoms with Crippen LogP contribution in [0.1, 0.15) is 27.7 Å². The van der Waals surface area contributed by atoms with Crippen LogP contribution in [-0.2, 0) is 11.8 Å². The van der Waals surface area contributed by atoms with Gasteiger partial charge in [-0.05, 0) is 27.7 Å². The van der Waals surface area contributed by atoms with Crippen molar-refractivity contribution in [1.82, 2.24) is 15.1 Å². The number of rotatable bonds is 4. The highest BCUT2D eigenvalue weighted by atomic mass is 16.6. The number of nitrogens with one attached hydrogen (secondary N) is 2. The largest absolute Gasteiger partial charge is 0.444 e.